The van der Waals surface area contributed by atoms with Gasteiger partial charge in [0.05, 0.1) is 11.8 Å². The molecule has 0 radical (unpaired) electrons. The van der Waals surface area contributed by atoms with Crippen LogP contribution in [0.4, 0.5) is 0 Å². The van der Waals surface area contributed by atoms with Crippen LogP contribution in [0.25, 0.3) is 5.00 Å². The van der Waals surface area contributed by atoms with Crippen LogP contribution in [0.5, 0.6) is 0 Å². The van der Waals surface area contributed by atoms with Gasteiger partial charge >= 0.3 is 5.97 Å². The molecule has 0 spiro atoms. The molecule has 0 atom stereocenters. The fourth-order valence-corrected chi connectivity index (χ4v) is 2.90. The molecule has 0 unspecified atom stereocenters. The summed E-state index contributed by atoms with van der Waals surface area (Å²) in [5, 5.41) is 28.1. The zero-order valence-electron chi connectivity index (χ0n) is 10.7. The molecule has 19 heavy (non-hydrogen) atoms. The molecule has 7 heteroatoms. The van der Waals surface area contributed by atoms with Gasteiger partial charge in [0.15, 0.2) is 5.69 Å². The second-order valence-corrected chi connectivity index (χ2v) is 5.89. The number of carbonyl (C=O) groups is 1. The highest BCUT2D eigenvalue weighted by molar-refractivity contribution is 7.13. The predicted molar refractivity (Wildman–Crippen MR) is 69.6 cm³/mol. The van der Waals surface area contributed by atoms with Gasteiger partial charge in [-0.2, -0.15) is 9.94 Å². The zero-order chi connectivity index (χ0) is 14.2. The van der Waals surface area contributed by atoms with Gasteiger partial charge in [0, 0.05) is 0 Å². The lowest BCUT2D eigenvalue weighted by atomic mass is 9.86. The van der Waals surface area contributed by atoms with Gasteiger partial charge in [0.1, 0.15) is 11.1 Å². The summed E-state index contributed by atoms with van der Waals surface area (Å²) >= 11 is 1.29. The molecule has 0 aromatic carbocycles. The van der Waals surface area contributed by atoms with Crippen molar-refractivity contribution in [1.29, 1.82) is 5.26 Å². The van der Waals surface area contributed by atoms with E-state index < -0.39 is 5.97 Å². The normalized spacial score (nSPS) is 11.3. The van der Waals surface area contributed by atoms with Crippen molar-refractivity contribution in [3.8, 4) is 11.1 Å². The topological polar surface area (TPSA) is 91.8 Å². The monoisotopic (exact) mass is 276 g/mol. The third-order valence-corrected chi connectivity index (χ3v) is 3.61. The minimum absolute atomic E-state index is 0.0567. The molecule has 1 N–H and O–H groups in total. The lowest BCUT2D eigenvalue weighted by Gasteiger charge is -2.17. The lowest BCUT2D eigenvalue weighted by molar-refractivity contribution is 0.0687. The van der Waals surface area contributed by atoms with Gasteiger partial charge in [-0.25, -0.2) is 4.79 Å². The van der Waals surface area contributed by atoms with E-state index in [1.807, 2.05) is 26.2 Å². The minimum atomic E-state index is -1.13. The third kappa shape index (κ3) is 2.22. The standard InChI is InChI=1S/C12H12N4O2S/c1-12(2,3)8-6-19-10(7(8)4-13)16-9(11(17)18)5-14-15-16/h5-6H,1-3H3,(H,17,18). The predicted octanol–water partition coefficient (Wildman–Crippen LogP) is 2.20. The molecule has 2 aromatic heterocycles. The molecule has 0 saturated carbocycles. The van der Waals surface area contributed by atoms with Gasteiger partial charge in [0.25, 0.3) is 0 Å². The molecular weight excluding hydrogens is 264 g/mol. The van der Waals surface area contributed by atoms with Crippen LogP contribution in [-0.2, 0) is 5.41 Å². The summed E-state index contributed by atoms with van der Waals surface area (Å²) in [4.78, 5) is 11.1. The van der Waals surface area contributed by atoms with Crippen LogP contribution in [0.3, 0.4) is 0 Å². The Kier molecular flexibility index (Phi) is 3.12. The van der Waals surface area contributed by atoms with Crippen molar-refractivity contribution in [2.24, 2.45) is 0 Å². The number of carboxylic acids is 1. The molecule has 2 heterocycles. The maximum atomic E-state index is 11.1. The third-order valence-electron chi connectivity index (χ3n) is 2.65. The fraction of sp³-hybridized carbons (Fsp3) is 0.333. The number of carboxylic acid groups (broad SMARTS) is 1. The van der Waals surface area contributed by atoms with E-state index in [1.54, 1.807) is 0 Å². The van der Waals surface area contributed by atoms with Crippen LogP contribution < -0.4 is 0 Å². The molecule has 0 amide bonds. The van der Waals surface area contributed by atoms with Crippen LogP contribution >= 0.6 is 11.3 Å². The van der Waals surface area contributed by atoms with Crippen LogP contribution in [0.2, 0.25) is 0 Å². The number of rotatable bonds is 2. The summed E-state index contributed by atoms with van der Waals surface area (Å²) in [6.07, 6.45) is 1.17. The van der Waals surface area contributed by atoms with Gasteiger partial charge in [0.2, 0.25) is 0 Å². The van der Waals surface area contributed by atoms with Crippen molar-refractivity contribution >= 4 is 17.3 Å². The first-order valence-electron chi connectivity index (χ1n) is 5.52. The molecular formula is C12H12N4O2S. The van der Waals surface area contributed by atoms with Gasteiger partial charge < -0.3 is 5.11 Å². The maximum Gasteiger partial charge on any atom is 0.356 e. The van der Waals surface area contributed by atoms with E-state index in [0.717, 1.165) is 5.56 Å². The van der Waals surface area contributed by atoms with E-state index in [9.17, 15) is 10.1 Å². The van der Waals surface area contributed by atoms with E-state index in [2.05, 4.69) is 16.4 Å². The first-order chi connectivity index (χ1) is 8.86. The second kappa shape index (κ2) is 4.48. The Morgan fingerprint density at radius 3 is 2.74 bits per heavy atom. The van der Waals surface area contributed by atoms with Crippen LogP contribution in [-0.4, -0.2) is 26.1 Å². The molecule has 0 aliphatic heterocycles. The second-order valence-electron chi connectivity index (χ2n) is 5.03. The number of hydrogen-bond acceptors (Lipinski definition) is 5. The number of nitriles is 1. The molecule has 6 nitrogen and oxygen atoms in total. The molecule has 0 bridgehead atoms. The number of hydrogen-bond donors (Lipinski definition) is 1. The summed E-state index contributed by atoms with van der Waals surface area (Å²) in [6, 6.07) is 2.13. The Morgan fingerprint density at radius 1 is 1.53 bits per heavy atom. The molecule has 0 aliphatic rings. The molecule has 2 rings (SSSR count). The Bertz CT molecular complexity index is 673. The van der Waals surface area contributed by atoms with Crippen LogP contribution in [0, 0.1) is 11.3 Å². The summed E-state index contributed by atoms with van der Waals surface area (Å²) in [5.74, 6) is -1.13. The van der Waals surface area contributed by atoms with Gasteiger partial charge in [-0.3, -0.25) is 0 Å². The SMILES string of the molecule is CC(C)(C)c1csc(-n2nncc2C(=O)O)c1C#N. The van der Waals surface area contributed by atoms with E-state index in [4.69, 9.17) is 5.11 Å². The fourth-order valence-electron chi connectivity index (χ4n) is 1.69. The minimum Gasteiger partial charge on any atom is -0.476 e. The van der Waals surface area contributed by atoms with Gasteiger partial charge in [-0.05, 0) is 16.4 Å². The van der Waals surface area contributed by atoms with E-state index in [1.165, 1.54) is 22.2 Å². The van der Waals surface area contributed by atoms with Crippen molar-refractivity contribution in [2.75, 3.05) is 0 Å². The van der Waals surface area contributed by atoms with Crippen molar-refractivity contribution in [1.82, 2.24) is 15.0 Å². The lowest BCUT2D eigenvalue weighted by Crippen LogP contribution is -2.13. The van der Waals surface area contributed by atoms with E-state index in [-0.39, 0.29) is 11.1 Å². The largest absolute Gasteiger partial charge is 0.476 e. The van der Waals surface area contributed by atoms with Gasteiger partial charge in [-0.15, -0.1) is 16.4 Å². The number of thiophene rings is 1. The smallest absolute Gasteiger partial charge is 0.356 e. The van der Waals surface area contributed by atoms with E-state index >= 15 is 0 Å². The highest BCUT2D eigenvalue weighted by Crippen LogP contribution is 2.34. The average Bonchev–Trinajstić information content (AvgIpc) is 2.93. The van der Waals surface area contributed by atoms with Crippen LogP contribution in [0.1, 0.15) is 42.4 Å². The Hall–Kier alpha value is -2.20. The summed E-state index contributed by atoms with van der Waals surface area (Å²) in [6.45, 7) is 6.00. The molecule has 0 aliphatic carbocycles. The van der Waals surface area contributed by atoms with E-state index in [0.29, 0.717) is 10.6 Å². The Labute approximate surface area is 113 Å². The first kappa shape index (κ1) is 13.2. The number of aromatic nitrogens is 3. The summed E-state index contributed by atoms with van der Waals surface area (Å²) < 4.78 is 1.20. The molecule has 2 aromatic rings. The quantitative estimate of drug-likeness (QED) is 0.907. The summed E-state index contributed by atoms with van der Waals surface area (Å²) in [5.41, 5.74) is 1.08. The van der Waals surface area contributed by atoms with Crippen molar-refractivity contribution in [2.45, 2.75) is 26.2 Å². The van der Waals surface area contributed by atoms with Crippen molar-refractivity contribution < 1.29 is 9.90 Å². The first-order valence-corrected chi connectivity index (χ1v) is 6.40. The Balaban J connectivity index is 2.65. The highest BCUT2D eigenvalue weighted by Gasteiger charge is 2.25. The maximum absolute atomic E-state index is 11.1. The van der Waals surface area contributed by atoms with Gasteiger partial charge in [-0.1, -0.05) is 26.0 Å². The average molecular weight is 276 g/mol. The highest BCUT2D eigenvalue weighted by atomic mass is 32.1. The zero-order valence-corrected chi connectivity index (χ0v) is 11.5. The number of nitrogens with zero attached hydrogens (tertiary/aromatic N) is 4. The van der Waals surface area contributed by atoms with Crippen LogP contribution in [0.15, 0.2) is 11.6 Å². The molecule has 0 fully saturated rings. The summed E-state index contributed by atoms with van der Waals surface area (Å²) in [7, 11) is 0. The molecule has 0 saturated heterocycles. The Morgan fingerprint density at radius 2 is 2.21 bits per heavy atom. The van der Waals surface area contributed by atoms with Crippen molar-refractivity contribution in [3.63, 3.8) is 0 Å². The van der Waals surface area contributed by atoms with Crippen molar-refractivity contribution in [3.05, 3.63) is 28.4 Å². The number of aromatic carboxylic acids is 1. The molecule has 98 valence electrons.